The van der Waals surface area contributed by atoms with Crippen LogP contribution in [0.25, 0.3) is 11.3 Å². The van der Waals surface area contributed by atoms with Crippen molar-refractivity contribution in [2.75, 3.05) is 26.2 Å². The van der Waals surface area contributed by atoms with Crippen LogP contribution in [0.4, 0.5) is 0 Å². The maximum Gasteiger partial charge on any atom is 0.229 e. The first-order valence-electron chi connectivity index (χ1n) is 7.81. The van der Waals surface area contributed by atoms with Crippen LogP contribution in [0.15, 0.2) is 35.7 Å². The summed E-state index contributed by atoms with van der Waals surface area (Å²) in [6.45, 7) is 4.10. The quantitative estimate of drug-likeness (QED) is 0.872. The molecular weight excluding hydrogens is 294 g/mol. The van der Waals surface area contributed by atoms with Crippen molar-refractivity contribution in [2.24, 2.45) is 0 Å². The van der Waals surface area contributed by atoms with E-state index in [-0.39, 0.29) is 5.91 Å². The molecule has 0 radical (unpaired) electrons. The number of fused-ring (bicyclic) bond motifs is 2. The number of thiazole rings is 1. The molecule has 22 heavy (non-hydrogen) atoms. The Morgan fingerprint density at radius 3 is 2.95 bits per heavy atom. The number of benzene rings is 1. The average Bonchev–Trinajstić information content (AvgIpc) is 3.16. The predicted octanol–water partition coefficient (Wildman–Crippen LogP) is 2.27. The zero-order valence-electron chi connectivity index (χ0n) is 12.4. The van der Waals surface area contributed by atoms with E-state index in [1.54, 1.807) is 11.3 Å². The van der Waals surface area contributed by atoms with Gasteiger partial charge < -0.3 is 4.90 Å². The molecule has 2 aliphatic rings. The molecule has 4 nitrogen and oxygen atoms in total. The molecular formula is C17H19N3OS. The molecule has 1 aromatic heterocycles. The molecule has 4 rings (SSSR count). The molecule has 3 heterocycles. The van der Waals surface area contributed by atoms with Crippen molar-refractivity contribution in [3.8, 4) is 11.3 Å². The van der Waals surface area contributed by atoms with Crippen LogP contribution in [0.5, 0.6) is 0 Å². The minimum Gasteiger partial charge on any atom is -0.337 e. The topological polar surface area (TPSA) is 36.4 Å². The number of hydrogen-bond acceptors (Lipinski definition) is 4. The maximum atomic E-state index is 12.6. The number of aromatic nitrogens is 1. The Morgan fingerprint density at radius 1 is 1.23 bits per heavy atom. The van der Waals surface area contributed by atoms with Crippen LogP contribution in [0, 0.1) is 0 Å². The Morgan fingerprint density at radius 2 is 2.09 bits per heavy atom. The van der Waals surface area contributed by atoms with E-state index in [0.29, 0.717) is 12.5 Å². The summed E-state index contributed by atoms with van der Waals surface area (Å²) >= 11 is 1.59. The number of piperazine rings is 1. The zero-order chi connectivity index (χ0) is 14.9. The molecule has 0 spiro atoms. The predicted molar refractivity (Wildman–Crippen MR) is 87.8 cm³/mol. The molecule has 114 valence electrons. The monoisotopic (exact) mass is 313 g/mol. The van der Waals surface area contributed by atoms with E-state index in [1.807, 2.05) is 23.6 Å². The molecule has 0 N–H and O–H groups in total. The Labute approximate surface area is 134 Å². The smallest absolute Gasteiger partial charge is 0.229 e. The fraction of sp³-hybridized carbons (Fsp3) is 0.412. The first-order valence-corrected chi connectivity index (χ1v) is 8.69. The Hall–Kier alpha value is -1.72. The third-order valence-corrected chi connectivity index (χ3v) is 5.44. The summed E-state index contributed by atoms with van der Waals surface area (Å²) in [5.74, 6) is 0.237. The molecule has 2 unspecified atom stereocenters. The largest absolute Gasteiger partial charge is 0.337 e. The Kier molecular flexibility index (Phi) is 3.68. The van der Waals surface area contributed by atoms with Crippen molar-refractivity contribution in [1.82, 2.24) is 14.8 Å². The standard InChI is InChI=1S/C17H19N3OS/c21-17(20-9-8-19-7-6-14(20)11-19)10-16-18-15(12-22-16)13-4-2-1-3-5-13/h1-5,12,14H,6-11H2. The Balaban J connectivity index is 1.45. The molecule has 1 aromatic carbocycles. The van der Waals surface area contributed by atoms with E-state index in [0.717, 1.165) is 48.9 Å². The van der Waals surface area contributed by atoms with Gasteiger partial charge in [0.15, 0.2) is 0 Å². The Bertz CT molecular complexity index is 670. The van der Waals surface area contributed by atoms with Crippen LogP contribution in [0.1, 0.15) is 11.4 Å². The molecule has 1 amide bonds. The van der Waals surface area contributed by atoms with Crippen molar-refractivity contribution in [3.05, 3.63) is 40.7 Å². The van der Waals surface area contributed by atoms with E-state index in [4.69, 9.17) is 0 Å². The van der Waals surface area contributed by atoms with Crippen molar-refractivity contribution in [2.45, 2.75) is 18.9 Å². The fourth-order valence-corrected chi connectivity index (χ4v) is 4.19. The molecule has 2 bridgehead atoms. The zero-order valence-corrected chi connectivity index (χ0v) is 13.3. The molecule has 0 aliphatic carbocycles. The van der Waals surface area contributed by atoms with Gasteiger partial charge in [0.05, 0.1) is 12.1 Å². The highest BCUT2D eigenvalue weighted by Gasteiger charge is 2.35. The van der Waals surface area contributed by atoms with Gasteiger partial charge in [0.25, 0.3) is 0 Å². The minimum absolute atomic E-state index is 0.237. The summed E-state index contributed by atoms with van der Waals surface area (Å²) in [4.78, 5) is 21.7. The fourth-order valence-electron chi connectivity index (χ4n) is 3.39. The van der Waals surface area contributed by atoms with E-state index in [2.05, 4.69) is 26.9 Å². The summed E-state index contributed by atoms with van der Waals surface area (Å²) in [5, 5.41) is 2.97. The number of amides is 1. The lowest BCUT2D eigenvalue weighted by atomic mass is 10.2. The molecule has 2 aliphatic heterocycles. The van der Waals surface area contributed by atoms with Crippen LogP contribution in [-0.2, 0) is 11.2 Å². The summed E-state index contributed by atoms with van der Waals surface area (Å²) in [5.41, 5.74) is 2.08. The number of hydrogen-bond donors (Lipinski definition) is 0. The average molecular weight is 313 g/mol. The van der Waals surface area contributed by atoms with Gasteiger partial charge in [0.2, 0.25) is 5.91 Å². The van der Waals surface area contributed by atoms with Gasteiger partial charge in [0, 0.05) is 43.2 Å². The van der Waals surface area contributed by atoms with Gasteiger partial charge in [-0.25, -0.2) is 4.98 Å². The van der Waals surface area contributed by atoms with E-state index in [9.17, 15) is 4.79 Å². The van der Waals surface area contributed by atoms with Gasteiger partial charge >= 0.3 is 0 Å². The third kappa shape index (κ3) is 2.66. The molecule has 2 atom stereocenters. The van der Waals surface area contributed by atoms with Crippen LogP contribution < -0.4 is 0 Å². The lowest BCUT2D eigenvalue weighted by Crippen LogP contribution is -2.50. The molecule has 2 aromatic rings. The number of rotatable bonds is 3. The highest BCUT2D eigenvalue weighted by Crippen LogP contribution is 2.24. The second kappa shape index (κ2) is 5.82. The van der Waals surface area contributed by atoms with Crippen LogP contribution >= 0.6 is 11.3 Å². The van der Waals surface area contributed by atoms with Gasteiger partial charge in [-0.05, 0) is 6.42 Å². The first-order chi connectivity index (χ1) is 10.8. The van der Waals surface area contributed by atoms with Crippen molar-refractivity contribution >= 4 is 17.2 Å². The lowest BCUT2D eigenvalue weighted by molar-refractivity contribution is -0.133. The number of nitrogens with zero attached hydrogens (tertiary/aromatic N) is 3. The molecule has 2 fully saturated rings. The molecule has 0 saturated carbocycles. The van der Waals surface area contributed by atoms with Gasteiger partial charge in [-0.1, -0.05) is 30.3 Å². The molecule has 5 heteroatoms. The lowest BCUT2D eigenvalue weighted by Gasteiger charge is -2.34. The van der Waals surface area contributed by atoms with E-state index < -0.39 is 0 Å². The normalized spacial score (nSPS) is 23.7. The SMILES string of the molecule is O=C(Cc1nc(-c2ccccc2)cs1)N1CCN2CCC1C2. The third-order valence-electron chi connectivity index (χ3n) is 4.59. The van der Waals surface area contributed by atoms with Crippen molar-refractivity contribution in [3.63, 3.8) is 0 Å². The van der Waals surface area contributed by atoms with Gasteiger partial charge in [-0.3, -0.25) is 9.69 Å². The second-order valence-corrected chi connectivity index (χ2v) is 6.94. The van der Waals surface area contributed by atoms with E-state index >= 15 is 0 Å². The molecule has 2 saturated heterocycles. The summed E-state index contributed by atoms with van der Waals surface area (Å²) in [6, 6.07) is 10.6. The second-order valence-electron chi connectivity index (χ2n) is 6.00. The first kappa shape index (κ1) is 13.9. The van der Waals surface area contributed by atoms with Gasteiger partial charge in [0.1, 0.15) is 5.01 Å². The number of carbonyl (C=O) groups is 1. The minimum atomic E-state index is 0.237. The van der Waals surface area contributed by atoms with Gasteiger partial charge in [-0.15, -0.1) is 11.3 Å². The highest BCUT2D eigenvalue weighted by atomic mass is 32.1. The van der Waals surface area contributed by atoms with Crippen LogP contribution in [-0.4, -0.2) is 52.9 Å². The highest BCUT2D eigenvalue weighted by molar-refractivity contribution is 7.10. The maximum absolute atomic E-state index is 12.6. The van der Waals surface area contributed by atoms with Crippen LogP contribution in [0.2, 0.25) is 0 Å². The van der Waals surface area contributed by atoms with Crippen LogP contribution in [0.3, 0.4) is 0 Å². The van der Waals surface area contributed by atoms with Gasteiger partial charge in [-0.2, -0.15) is 0 Å². The summed E-state index contributed by atoms with van der Waals surface area (Å²) in [6.07, 6.45) is 1.56. The van der Waals surface area contributed by atoms with E-state index in [1.165, 1.54) is 0 Å². The van der Waals surface area contributed by atoms with Crippen molar-refractivity contribution in [1.29, 1.82) is 0 Å². The summed E-state index contributed by atoms with van der Waals surface area (Å²) < 4.78 is 0. The summed E-state index contributed by atoms with van der Waals surface area (Å²) in [7, 11) is 0. The van der Waals surface area contributed by atoms with Crippen molar-refractivity contribution < 1.29 is 4.79 Å². The number of carbonyl (C=O) groups excluding carboxylic acids is 1.